The van der Waals surface area contributed by atoms with Crippen LogP contribution in [0.25, 0.3) is 11.1 Å². The minimum absolute atomic E-state index is 0.0108. The zero-order chi connectivity index (χ0) is 45.5. The highest BCUT2D eigenvalue weighted by molar-refractivity contribution is 7.99. The molecule has 5 aromatic rings. The second-order valence-electron chi connectivity index (χ2n) is 16.1. The number of carbonyl (C=O) groups is 1. The second kappa shape index (κ2) is 20.7. The number of carbonyl (C=O) groups excluding carboxylic acids is 1. The first kappa shape index (κ1) is 47.4. The molecule has 64 heavy (non-hydrogen) atoms. The van der Waals surface area contributed by atoms with E-state index >= 15 is 0 Å². The minimum atomic E-state index is -6.08. The van der Waals surface area contributed by atoms with Gasteiger partial charge in [0.15, 0.2) is 0 Å². The summed E-state index contributed by atoms with van der Waals surface area (Å²) in [5.74, 6) is -0.238. The SMILES string of the molecule is O=C(NS(=O)(=O)c1ccc(N[C@@H](CSc2ccccc2)C[C@@H]2CCCN2CCO)c(S(=O)(=O)C(F)(F)F)c1)c1ccc(N2CCC(Cc3ccccc3-c3ccc(Cl)cc3)CC2)cc1. The largest absolute Gasteiger partial charge is 0.501 e. The zero-order valence-electron chi connectivity index (χ0n) is 34.9. The first-order valence-corrected chi connectivity index (χ1v) is 25.4. The number of thioether (sulfide) groups is 1. The number of piperidine rings is 1. The summed E-state index contributed by atoms with van der Waals surface area (Å²) in [6, 6.07) is 33.7. The number of nitrogens with one attached hydrogen (secondary N) is 2. The van der Waals surface area contributed by atoms with E-state index in [1.807, 2.05) is 71.5 Å². The number of sulfonamides is 1. The van der Waals surface area contributed by atoms with Crippen molar-refractivity contribution in [1.82, 2.24) is 9.62 Å². The summed E-state index contributed by atoms with van der Waals surface area (Å²) in [7, 11) is -10.9. The Morgan fingerprint density at radius 3 is 2.22 bits per heavy atom. The number of aliphatic hydroxyl groups excluding tert-OH is 1. The molecule has 340 valence electrons. The standard InChI is InChI=1S/C47H50ClF3N4O6S3/c48-37-16-12-34(13-17-37)43-11-5-4-7-36(43)29-33-22-25-55(26-23-33)39-18-14-35(15-19-39)46(57)53-64(60,61)42-20-21-44(45(31-42)63(58,59)47(49,50)51)52-38(32-62-41-9-2-1-3-10-41)30-40-8-6-24-54(40)27-28-56/h1-5,7,9-21,31,33,38,40,52,56H,6,8,22-30,32H2,(H,53,57)/t38-,40+/m1/s1. The van der Waals surface area contributed by atoms with Crippen molar-refractivity contribution in [2.45, 2.75) is 70.8 Å². The highest BCUT2D eigenvalue weighted by Gasteiger charge is 2.48. The number of aliphatic hydroxyl groups is 1. The van der Waals surface area contributed by atoms with Crippen molar-refractivity contribution in [3.05, 3.63) is 137 Å². The minimum Gasteiger partial charge on any atom is -0.395 e. The molecule has 2 heterocycles. The van der Waals surface area contributed by atoms with Crippen molar-refractivity contribution in [2.75, 3.05) is 48.8 Å². The molecule has 0 radical (unpaired) electrons. The Kier molecular flexibility index (Phi) is 15.3. The molecule has 10 nitrogen and oxygen atoms in total. The molecule has 0 bridgehead atoms. The van der Waals surface area contributed by atoms with Gasteiger partial charge in [0.05, 0.1) is 17.2 Å². The van der Waals surface area contributed by atoms with Gasteiger partial charge >= 0.3 is 5.51 Å². The molecule has 2 aliphatic heterocycles. The van der Waals surface area contributed by atoms with Crippen LogP contribution in [0.5, 0.6) is 0 Å². The average Bonchev–Trinajstić information content (AvgIpc) is 3.72. The van der Waals surface area contributed by atoms with Crippen LogP contribution in [0.3, 0.4) is 0 Å². The number of hydrogen-bond donors (Lipinski definition) is 3. The molecule has 0 aromatic heterocycles. The summed E-state index contributed by atoms with van der Waals surface area (Å²) in [6.07, 6.45) is 4.85. The number of sulfone groups is 1. The van der Waals surface area contributed by atoms with Gasteiger partial charge in [-0.15, -0.1) is 11.8 Å². The number of anilines is 2. The summed E-state index contributed by atoms with van der Waals surface area (Å²) in [6.45, 7) is 2.64. The van der Waals surface area contributed by atoms with Crippen LogP contribution in [0.2, 0.25) is 5.02 Å². The summed E-state index contributed by atoms with van der Waals surface area (Å²) < 4.78 is 97.9. The first-order chi connectivity index (χ1) is 30.6. The van der Waals surface area contributed by atoms with Crippen LogP contribution in [0.15, 0.2) is 136 Å². The fourth-order valence-electron chi connectivity index (χ4n) is 8.53. The number of benzene rings is 5. The lowest BCUT2D eigenvalue weighted by Crippen LogP contribution is -2.38. The first-order valence-electron chi connectivity index (χ1n) is 21.1. The topological polar surface area (TPSA) is 136 Å². The monoisotopic (exact) mass is 954 g/mol. The highest BCUT2D eigenvalue weighted by atomic mass is 35.5. The third-order valence-corrected chi connectivity index (χ3v) is 16.2. The predicted molar refractivity (Wildman–Crippen MR) is 247 cm³/mol. The zero-order valence-corrected chi connectivity index (χ0v) is 38.1. The molecule has 17 heteroatoms. The van der Waals surface area contributed by atoms with Gasteiger partial charge in [0.1, 0.15) is 4.90 Å². The van der Waals surface area contributed by atoms with Crippen LogP contribution in [-0.2, 0) is 26.3 Å². The van der Waals surface area contributed by atoms with E-state index in [2.05, 4.69) is 27.2 Å². The van der Waals surface area contributed by atoms with Crippen LogP contribution in [0, 0.1) is 5.92 Å². The van der Waals surface area contributed by atoms with Crippen molar-refractivity contribution >= 4 is 60.5 Å². The second-order valence-corrected chi connectivity index (χ2v) is 21.3. The third kappa shape index (κ3) is 11.6. The molecule has 2 atom stereocenters. The lowest BCUT2D eigenvalue weighted by molar-refractivity contribution is -0.0435. The van der Waals surface area contributed by atoms with Gasteiger partial charge in [-0.3, -0.25) is 9.69 Å². The van der Waals surface area contributed by atoms with Crippen LogP contribution in [0.1, 0.15) is 48.0 Å². The molecule has 0 saturated carbocycles. The van der Waals surface area contributed by atoms with Crippen LogP contribution in [-0.4, -0.2) is 88.9 Å². The number of halogens is 4. The van der Waals surface area contributed by atoms with Gasteiger partial charge in [0.2, 0.25) is 0 Å². The Balaban J connectivity index is 1.03. The Bertz CT molecular complexity index is 2600. The summed E-state index contributed by atoms with van der Waals surface area (Å²) in [5.41, 5.74) is -1.79. The molecule has 2 fully saturated rings. The van der Waals surface area contributed by atoms with Gasteiger partial charge in [0, 0.05) is 58.6 Å². The maximum absolute atomic E-state index is 14.2. The fourth-order valence-corrected chi connectivity index (χ4v) is 11.6. The lowest BCUT2D eigenvalue weighted by Gasteiger charge is -2.34. The van der Waals surface area contributed by atoms with E-state index in [1.165, 1.54) is 35.0 Å². The van der Waals surface area contributed by atoms with Gasteiger partial charge in [-0.25, -0.2) is 21.6 Å². The maximum Gasteiger partial charge on any atom is 0.501 e. The van der Waals surface area contributed by atoms with Gasteiger partial charge in [-0.1, -0.05) is 66.2 Å². The molecule has 0 aliphatic carbocycles. The fraction of sp³-hybridized carbons (Fsp3) is 0.340. The number of likely N-dealkylation sites (tertiary alicyclic amines) is 1. The van der Waals surface area contributed by atoms with Crippen molar-refractivity contribution in [3.63, 3.8) is 0 Å². The molecule has 3 N–H and O–H groups in total. The Hall–Kier alpha value is -4.58. The summed E-state index contributed by atoms with van der Waals surface area (Å²) in [5, 5.41) is 13.3. The van der Waals surface area contributed by atoms with Crippen LogP contribution >= 0.6 is 23.4 Å². The summed E-state index contributed by atoms with van der Waals surface area (Å²) in [4.78, 5) is 16.4. The Morgan fingerprint density at radius 1 is 0.844 bits per heavy atom. The molecule has 2 saturated heterocycles. The van der Waals surface area contributed by atoms with Gasteiger partial charge in [-0.05, 0) is 134 Å². The van der Waals surface area contributed by atoms with Gasteiger partial charge < -0.3 is 15.3 Å². The molecule has 0 spiro atoms. The number of β-amino-alcohol motifs (C(OH)–C–C–N with tert-alkyl or cyclic N) is 1. The normalized spacial score (nSPS) is 17.0. The Morgan fingerprint density at radius 2 is 1.53 bits per heavy atom. The van der Waals surface area contributed by atoms with Crippen LogP contribution in [0.4, 0.5) is 24.5 Å². The number of hydrogen-bond acceptors (Lipinski definition) is 10. The molecule has 0 unspecified atom stereocenters. The van der Waals surface area contributed by atoms with Crippen LogP contribution < -0.4 is 14.9 Å². The van der Waals surface area contributed by atoms with E-state index in [9.17, 15) is 39.9 Å². The summed E-state index contributed by atoms with van der Waals surface area (Å²) >= 11 is 7.55. The third-order valence-electron chi connectivity index (χ3n) is 11.9. The van der Waals surface area contributed by atoms with E-state index in [-0.39, 0.29) is 18.2 Å². The van der Waals surface area contributed by atoms with E-state index in [1.54, 1.807) is 12.1 Å². The van der Waals surface area contributed by atoms with Crippen molar-refractivity contribution in [1.29, 1.82) is 0 Å². The van der Waals surface area contributed by atoms with Gasteiger partial charge in [-0.2, -0.15) is 13.2 Å². The number of alkyl halides is 3. The number of rotatable bonds is 17. The molecular formula is C47H50ClF3N4O6S3. The van der Waals surface area contributed by atoms with Crippen molar-refractivity contribution in [2.24, 2.45) is 5.92 Å². The lowest BCUT2D eigenvalue weighted by atomic mass is 9.87. The van der Waals surface area contributed by atoms with E-state index < -0.39 is 52.8 Å². The number of amides is 1. The average molecular weight is 956 g/mol. The van der Waals surface area contributed by atoms with Crippen molar-refractivity contribution in [3.8, 4) is 11.1 Å². The molecule has 7 rings (SSSR count). The van der Waals surface area contributed by atoms with Crippen molar-refractivity contribution < 1.29 is 39.9 Å². The Labute approximate surface area is 382 Å². The van der Waals surface area contributed by atoms with Gasteiger partial charge in [0.25, 0.3) is 25.8 Å². The molecular weight excluding hydrogens is 905 g/mol. The predicted octanol–water partition coefficient (Wildman–Crippen LogP) is 9.30. The van der Waals surface area contributed by atoms with E-state index in [4.69, 9.17) is 11.6 Å². The smallest absolute Gasteiger partial charge is 0.395 e. The quantitative estimate of drug-likeness (QED) is 0.0775. The molecule has 5 aromatic carbocycles. The maximum atomic E-state index is 14.2. The van der Waals surface area contributed by atoms with E-state index in [0.717, 1.165) is 80.0 Å². The molecule has 1 amide bonds. The van der Waals surface area contributed by atoms with E-state index in [0.29, 0.717) is 35.7 Å². The highest BCUT2D eigenvalue weighted by Crippen LogP contribution is 2.38. The number of nitrogens with zero attached hydrogens (tertiary/aromatic N) is 2. The molecule has 2 aliphatic rings.